The Kier molecular flexibility index (Phi) is 8.05. The van der Waals surface area contributed by atoms with Crippen LogP contribution in [0.3, 0.4) is 0 Å². The molecule has 2 rings (SSSR count). The minimum absolute atomic E-state index is 0.264. The van der Waals surface area contributed by atoms with Gasteiger partial charge in [-0.05, 0) is 50.2 Å². The van der Waals surface area contributed by atoms with E-state index in [0.717, 1.165) is 6.26 Å². The summed E-state index contributed by atoms with van der Waals surface area (Å²) >= 11 is 0. The zero-order chi connectivity index (χ0) is 22.1. The Labute approximate surface area is 175 Å². The third kappa shape index (κ3) is 7.28. The predicted octanol–water partition coefficient (Wildman–Crippen LogP) is 2.22. The maximum Gasteiger partial charge on any atom is 0.251 e. The van der Waals surface area contributed by atoms with Crippen molar-refractivity contribution in [2.45, 2.75) is 13.8 Å². The topological polar surface area (TPSA) is 123 Å². The zero-order valence-electron chi connectivity index (χ0n) is 17.0. The number of nitrogens with one attached hydrogen (secondary N) is 3. The second kappa shape index (κ2) is 10.5. The molecule has 2 aromatic rings. The van der Waals surface area contributed by atoms with Crippen molar-refractivity contribution in [2.75, 3.05) is 36.1 Å². The van der Waals surface area contributed by atoms with Gasteiger partial charge in [0.2, 0.25) is 15.9 Å². The molecule has 9 nitrogen and oxygen atoms in total. The smallest absolute Gasteiger partial charge is 0.251 e. The van der Waals surface area contributed by atoms with Crippen LogP contribution in [0.25, 0.3) is 0 Å². The molecular weight excluding hydrogens is 410 g/mol. The number of hydrogen-bond acceptors (Lipinski definition) is 6. The fraction of sp³-hybridized carbons (Fsp3) is 0.300. The molecule has 0 radical (unpaired) electrons. The molecule has 30 heavy (non-hydrogen) atoms. The highest BCUT2D eigenvalue weighted by molar-refractivity contribution is 7.92. The summed E-state index contributed by atoms with van der Waals surface area (Å²) < 4.78 is 35.9. The Balaban J connectivity index is 1.97. The number of hydrogen-bond donors (Lipinski definition) is 3. The largest absolute Gasteiger partial charge is 0.490 e. The van der Waals surface area contributed by atoms with Gasteiger partial charge < -0.3 is 20.1 Å². The van der Waals surface area contributed by atoms with Crippen molar-refractivity contribution < 1.29 is 27.5 Å². The standard InChI is InChI=1S/C20H25N3O6S/c1-4-28-17-10-9-14(11-18(17)29-5-2)20(25)21-13-19(24)22-15-7-6-8-16(12-15)23-30(3,26)27/h6-12,23H,4-5,13H2,1-3H3,(H,21,25)(H,22,24). The molecule has 0 aliphatic carbocycles. The van der Waals surface area contributed by atoms with E-state index in [1.807, 2.05) is 13.8 Å². The van der Waals surface area contributed by atoms with Crippen LogP contribution in [-0.4, -0.2) is 46.2 Å². The van der Waals surface area contributed by atoms with Gasteiger partial charge in [0.15, 0.2) is 11.5 Å². The average molecular weight is 436 g/mol. The Morgan fingerprint density at radius 1 is 0.933 bits per heavy atom. The Bertz CT molecular complexity index is 1010. The fourth-order valence-corrected chi connectivity index (χ4v) is 3.09. The molecule has 0 aromatic heterocycles. The van der Waals surface area contributed by atoms with Crippen LogP contribution < -0.4 is 24.8 Å². The van der Waals surface area contributed by atoms with Gasteiger partial charge in [0, 0.05) is 11.3 Å². The molecule has 0 saturated carbocycles. The van der Waals surface area contributed by atoms with E-state index in [9.17, 15) is 18.0 Å². The molecule has 3 N–H and O–H groups in total. The van der Waals surface area contributed by atoms with Gasteiger partial charge in [-0.2, -0.15) is 0 Å². The Morgan fingerprint density at radius 2 is 1.60 bits per heavy atom. The van der Waals surface area contributed by atoms with E-state index in [1.165, 1.54) is 6.07 Å². The summed E-state index contributed by atoms with van der Waals surface area (Å²) in [5.41, 5.74) is 1.04. The molecule has 0 bridgehead atoms. The van der Waals surface area contributed by atoms with Crippen molar-refractivity contribution in [1.29, 1.82) is 0 Å². The van der Waals surface area contributed by atoms with Crippen molar-refractivity contribution in [3.05, 3.63) is 48.0 Å². The zero-order valence-corrected chi connectivity index (χ0v) is 17.8. The van der Waals surface area contributed by atoms with E-state index in [4.69, 9.17) is 9.47 Å². The predicted molar refractivity (Wildman–Crippen MR) is 115 cm³/mol. The number of amides is 2. The Hall–Kier alpha value is -3.27. The van der Waals surface area contributed by atoms with E-state index in [0.29, 0.717) is 41.7 Å². The van der Waals surface area contributed by atoms with Crippen molar-refractivity contribution in [3.63, 3.8) is 0 Å². The van der Waals surface area contributed by atoms with Crippen LogP contribution in [0.15, 0.2) is 42.5 Å². The van der Waals surface area contributed by atoms with Gasteiger partial charge >= 0.3 is 0 Å². The van der Waals surface area contributed by atoms with Crippen LogP contribution in [0.2, 0.25) is 0 Å². The molecule has 0 atom stereocenters. The maximum atomic E-state index is 12.4. The van der Waals surface area contributed by atoms with E-state index >= 15 is 0 Å². The fourth-order valence-electron chi connectivity index (χ4n) is 2.53. The van der Waals surface area contributed by atoms with Crippen LogP contribution >= 0.6 is 0 Å². The van der Waals surface area contributed by atoms with Gasteiger partial charge in [0.05, 0.1) is 31.7 Å². The highest BCUT2D eigenvalue weighted by Crippen LogP contribution is 2.28. The number of carbonyl (C=O) groups excluding carboxylic acids is 2. The molecule has 162 valence electrons. The van der Waals surface area contributed by atoms with Gasteiger partial charge in [0.25, 0.3) is 5.91 Å². The van der Waals surface area contributed by atoms with Crippen LogP contribution in [0, 0.1) is 0 Å². The van der Waals surface area contributed by atoms with Gasteiger partial charge in [-0.25, -0.2) is 8.42 Å². The number of sulfonamides is 1. The lowest BCUT2D eigenvalue weighted by Crippen LogP contribution is -2.32. The average Bonchev–Trinajstić information content (AvgIpc) is 2.67. The third-order valence-corrected chi connectivity index (χ3v) is 4.27. The first-order valence-corrected chi connectivity index (χ1v) is 11.2. The van der Waals surface area contributed by atoms with Gasteiger partial charge in [-0.3, -0.25) is 14.3 Å². The molecule has 0 saturated heterocycles. The van der Waals surface area contributed by atoms with Gasteiger partial charge in [-0.1, -0.05) is 6.07 Å². The summed E-state index contributed by atoms with van der Waals surface area (Å²) in [5.74, 6) is 0.0836. The quantitative estimate of drug-likeness (QED) is 0.526. The normalized spacial score (nSPS) is 10.8. The molecule has 0 spiro atoms. The number of ether oxygens (including phenoxy) is 2. The molecule has 0 heterocycles. The van der Waals surface area contributed by atoms with E-state index in [-0.39, 0.29) is 6.54 Å². The second-order valence-corrected chi connectivity index (χ2v) is 7.96. The molecule has 0 fully saturated rings. The number of anilines is 2. The summed E-state index contributed by atoms with van der Waals surface area (Å²) in [6, 6.07) is 11.0. The minimum Gasteiger partial charge on any atom is -0.490 e. The van der Waals surface area contributed by atoms with E-state index in [2.05, 4.69) is 15.4 Å². The first kappa shape index (κ1) is 23.0. The number of benzene rings is 2. The second-order valence-electron chi connectivity index (χ2n) is 6.21. The number of carbonyl (C=O) groups is 2. The van der Waals surface area contributed by atoms with Crippen molar-refractivity contribution in [1.82, 2.24) is 5.32 Å². The highest BCUT2D eigenvalue weighted by Gasteiger charge is 2.13. The van der Waals surface area contributed by atoms with Gasteiger partial charge in [0.1, 0.15) is 0 Å². The van der Waals surface area contributed by atoms with Gasteiger partial charge in [-0.15, -0.1) is 0 Å². The first-order chi connectivity index (χ1) is 14.2. The summed E-state index contributed by atoms with van der Waals surface area (Å²) in [5, 5.41) is 5.13. The highest BCUT2D eigenvalue weighted by atomic mass is 32.2. The molecule has 2 amide bonds. The van der Waals surface area contributed by atoms with Crippen molar-refractivity contribution in [3.8, 4) is 11.5 Å². The van der Waals surface area contributed by atoms with Crippen LogP contribution in [0.1, 0.15) is 24.2 Å². The summed E-state index contributed by atoms with van der Waals surface area (Å²) in [6.45, 7) is 4.29. The van der Waals surface area contributed by atoms with Crippen molar-refractivity contribution >= 4 is 33.2 Å². The lowest BCUT2D eigenvalue weighted by Gasteiger charge is -2.12. The third-order valence-electron chi connectivity index (χ3n) is 3.66. The molecule has 2 aromatic carbocycles. The van der Waals surface area contributed by atoms with Crippen LogP contribution in [-0.2, 0) is 14.8 Å². The van der Waals surface area contributed by atoms with Crippen LogP contribution in [0.4, 0.5) is 11.4 Å². The lowest BCUT2D eigenvalue weighted by molar-refractivity contribution is -0.115. The first-order valence-electron chi connectivity index (χ1n) is 9.27. The summed E-state index contributed by atoms with van der Waals surface area (Å²) in [6.07, 6.45) is 1.03. The van der Waals surface area contributed by atoms with Crippen LogP contribution in [0.5, 0.6) is 11.5 Å². The van der Waals surface area contributed by atoms with Crippen molar-refractivity contribution in [2.24, 2.45) is 0 Å². The SMILES string of the molecule is CCOc1ccc(C(=O)NCC(=O)Nc2cccc(NS(C)(=O)=O)c2)cc1OCC. The monoisotopic (exact) mass is 435 g/mol. The molecule has 10 heteroatoms. The number of rotatable bonds is 10. The lowest BCUT2D eigenvalue weighted by atomic mass is 10.2. The summed E-state index contributed by atoms with van der Waals surface area (Å²) in [7, 11) is -3.43. The maximum absolute atomic E-state index is 12.4. The molecular formula is C20H25N3O6S. The molecule has 0 aliphatic rings. The molecule has 0 unspecified atom stereocenters. The van der Waals surface area contributed by atoms with E-state index < -0.39 is 21.8 Å². The minimum atomic E-state index is -3.43. The molecule has 0 aliphatic heterocycles. The Morgan fingerprint density at radius 3 is 2.27 bits per heavy atom. The van der Waals surface area contributed by atoms with E-state index in [1.54, 1.807) is 36.4 Å². The summed E-state index contributed by atoms with van der Waals surface area (Å²) in [4.78, 5) is 24.5.